The molecule has 6 nitrogen and oxygen atoms in total. The number of piperazine rings is 1. The Balaban J connectivity index is 2.03. The van der Waals surface area contributed by atoms with Crippen LogP contribution in [-0.2, 0) is 9.53 Å². The summed E-state index contributed by atoms with van der Waals surface area (Å²) in [5.41, 5.74) is 0. The molecule has 2 atom stereocenters. The van der Waals surface area contributed by atoms with Gasteiger partial charge in [0.1, 0.15) is 5.82 Å². The zero-order valence-corrected chi connectivity index (χ0v) is 11.8. The second-order valence-electron chi connectivity index (χ2n) is 5.11. The van der Waals surface area contributed by atoms with E-state index < -0.39 is 0 Å². The van der Waals surface area contributed by atoms with Gasteiger partial charge in [-0.3, -0.25) is 9.69 Å². The highest BCUT2D eigenvalue weighted by molar-refractivity contribution is 5.78. The van der Waals surface area contributed by atoms with Gasteiger partial charge < -0.3 is 14.6 Å². The first-order valence-electron chi connectivity index (χ1n) is 6.60. The number of hydrogen-bond donors (Lipinski definition) is 1. The first kappa shape index (κ1) is 14.0. The van der Waals surface area contributed by atoms with Crippen molar-refractivity contribution >= 4 is 5.91 Å². The number of likely N-dealkylation sites (N-methyl/N-ethyl adjacent to an activating group) is 1. The number of rotatable bonds is 4. The number of amides is 1. The summed E-state index contributed by atoms with van der Waals surface area (Å²) in [4.78, 5) is 23.9. The van der Waals surface area contributed by atoms with E-state index in [9.17, 15) is 4.79 Å². The molecule has 1 saturated heterocycles. The van der Waals surface area contributed by atoms with Crippen LogP contribution in [0.3, 0.4) is 0 Å². The molecule has 1 aliphatic rings. The Bertz CT molecular complexity index is 407. The summed E-state index contributed by atoms with van der Waals surface area (Å²) in [5.74, 6) is 0.983. The molecular weight excluding hydrogens is 244 g/mol. The smallest absolute Gasteiger partial charge is 0.227 e. The average Bonchev–Trinajstić information content (AvgIpc) is 2.92. The van der Waals surface area contributed by atoms with Gasteiger partial charge in [0.25, 0.3) is 0 Å². The van der Waals surface area contributed by atoms with E-state index in [0.29, 0.717) is 13.2 Å². The second kappa shape index (κ2) is 6.16. The Kier molecular flexibility index (Phi) is 4.55. The quantitative estimate of drug-likeness (QED) is 0.862. The predicted molar refractivity (Wildman–Crippen MR) is 71.6 cm³/mol. The molecule has 0 aliphatic carbocycles. The van der Waals surface area contributed by atoms with Crippen LogP contribution >= 0.6 is 0 Å². The Morgan fingerprint density at radius 2 is 2.42 bits per heavy atom. The molecular formula is C13H22N4O2. The highest BCUT2D eigenvalue weighted by Crippen LogP contribution is 2.22. The minimum Gasteiger partial charge on any atom is -0.384 e. The van der Waals surface area contributed by atoms with Gasteiger partial charge in [-0.05, 0) is 7.05 Å². The highest BCUT2D eigenvalue weighted by Gasteiger charge is 2.31. The monoisotopic (exact) mass is 266 g/mol. The van der Waals surface area contributed by atoms with E-state index in [1.165, 1.54) is 0 Å². The number of ether oxygens (including phenoxy) is 1. The molecule has 0 spiro atoms. The molecule has 106 valence electrons. The molecule has 1 amide bonds. The van der Waals surface area contributed by atoms with Crippen LogP contribution < -0.4 is 0 Å². The van der Waals surface area contributed by atoms with Crippen molar-refractivity contribution in [3.63, 3.8) is 0 Å². The van der Waals surface area contributed by atoms with Gasteiger partial charge in [0, 0.05) is 39.1 Å². The molecule has 0 radical (unpaired) electrons. The van der Waals surface area contributed by atoms with Crippen molar-refractivity contribution < 1.29 is 9.53 Å². The first-order valence-corrected chi connectivity index (χ1v) is 6.60. The molecule has 2 rings (SSSR count). The molecule has 0 saturated carbocycles. The Morgan fingerprint density at radius 3 is 3.05 bits per heavy atom. The van der Waals surface area contributed by atoms with E-state index in [1.54, 1.807) is 13.3 Å². The van der Waals surface area contributed by atoms with Crippen LogP contribution in [0.15, 0.2) is 12.4 Å². The summed E-state index contributed by atoms with van der Waals surface area (Å²) < 4.78 is 5.06. The van der Waals surface area contributed by atoms with Gasteiger partial charge in [0.05, 0.1) is 18.6 Å². The van der Waals surface area contributed by atoms with E-state index in [0.717, 1.165) is 18.9 Å². The molecule has 2 heterocycles. The Morgan fingerprint density at radius 1 is 1.63 bits per heavy atom. The van der Waals surface area contributed by atoms with E-state index in [-0.39, 0.29) is 17.9 Å². The number of nitrogens with zero attached hydrogens (tertiary/aromatic N) is 3. The number of aromatic amines is 1. The van der Waals surface area contributed by atoms with Crippen molar-refractivity contribution in [2.75, 3.05) is 40.4 Å². The Hall–Kier alpha value is -1.40. The summed E-state index contributed by atoms with van der Waals surface area (Å²) in [6.45, 7) is 4.68. The standard InChI is InChI=1S/C13H22N4O2/c1-10(9-19-3)13(18)17-7-6-16(2)11(8-17)12-14-4-5-15-12/h4-5,10-11H,6-9H2,1-3H3,(H,14,15)/t10-,11-/m0/s1. The lowest BCUT2D eigenvalue weighted by Gasteiger charge is -2.39. The number of carbonyl (C=O) groups excluding carboxylic acids is 1. The van der Waals surface area contributed by atoms with Crippen LogP contribution in [0, 0.1) is 5.92 Å². The third kappa shape index (κ3) is 3.13. The van der Waals surface area contributed by atoms with Crippen LogP contribution in [-0.4, -0.2) is 66.1 Å². The summed E-state index contributed by atoms with van der Waals surface area (Å²) >= 11 is 0. The summed E-state index contributed by atoms with van der Waals surface area (Å²) in [6.07, 6.45) is 3.56. The van der Waals surface area contributed by atoms with Gasteiger partial charge in [-0.2, -0.15) is 0 Å². The van der Waals surface area contributed by atoms with E-state index in [2.05, 4.69) is 21.9 Å². The number of H-pyrrole nitrogens is 1. The number of imidazole rings is 1. The lowest BCUT2D eigenvalue weighted by atomic mass is 10.1. The highest BCUT2D eigenvalue weighted by atomic mass is 16.5. The predicted octanol–water partition coefficient (Wildman–Crippen LogP) is 0.507. The zero-order chi connectivity index (χ0) is 13.8. The summed E-state index contributed by atoms with van der Waals surface area (Å²) in [5, 5.41) is 0. The normalized spacial score (nSPS) is 22.5. The molecule has 0 aromatic carbocycles. The topological polar surface area (TPSA) is 61.5 Å². The van der Waals surface area contributed by atoms with E-state index in [1.807, 2.05) is 18.0 Å². The van der Waals surface area contributed by atoms with Gasteiger partial charge in [-0.1, -0.05) is 6.92 Å². The maximum atomic E-state index is 12.3. The second-order valence-corrected chi connectivity index (χ2v) is 5.11. The van der Waals surface area contributed by atoms with Gasteiger partial charge >= 0.3 is 0 Å². The van der Waals surface area contributed by atoms with Crippen molar-refractivity contribution in [1.29, 1.82) is 0 Å². The van der Waals surface area contributed by atoms with Gasteiger partial charge in [-0.25, -0.2) is 4.98 Å². The maximum Gasteiger partial charge on any atom is 0.227 e. The molecule has 1 aromatic rings. The van der Waals surface area contributed by atoms with Gasteiger partial charge in [0.15, 0.2) is 0 Å². The summed E-state index contributed by atoms with van der Waals surface area (Å²) in [7, 11) is 3.69. The summed E-state index contributed by atoms with van der Waals surface area (Å²) in [6, 6.07) is 0.141. The first-order chi connectivity index (χ1) is 9.13. The van der Waals surface area contributed by atoms with Crippen molar-refractivity contribution in [3.8, 4) is 0 Å². The SMILES string of the molecule is COC[C@H](C)C(=O)N1CCN(C)[C@H](c2ncc[nH]2)C1. The minimum atomic E-state index is -0.0920. The van der Waals surface area contributed by atoms with Crippen molar-refractivity contribution in [2.24, 2.45) is 5.92 Å². The van der Waals surface area contributed by atoms with Crippen molar-refractivity contribution in [1.82, 2.24) is 19.8 Å². The number of carbonyl (C=O) groups is 1. The molecule has 1 aliphatic heterocycles. The van der Waals surface area contributed by atoms with Crippen LogP contribution in [0.1, 0.15) is 18.8 Å². The third-order valence-corrected chi connectivity index (χ3v) is 3.63. The maximum absolute atomic E-state index is 12.3. The largest absolute Gasteiger partial charge is 0.384 e. The lowest BCUT2D eigenvalue weighted by Crippen LogP contribution is -2.51. The molecule has 0 unspecified atom stereocenters. The lowest BCUT2D eigenvalue weighted by molar-refractivity contribution is -0.139. The van der Waals surface area contributed by atoms with Crippen molar-refractivity contribution in [2.45, 2.75) is 13.0 Å². The minimum absolute atomic E-state index is 0.0920. The fourth-order valence-electron chi connectivity index (χ4n) is 2.46. The molecule has 1 N–H and O–H groups in total. The molecule has 6 heteroatoms. The van der Waals surface area contributed by atoms with E-state index >= 15 is 0 Å². The van der Waals surface area contributed by atoms with Gasteiger partial charge in [0.2, 0.25) is 5.91 Å². The van der Waals surface area contributed by atoms with Crippen LogP contribution in [0.5, 0.6) is 0 Å². The van der Waals surface area contributed by atoms with Gasteiger partial charge in [-0.15, -0.1) is 0 Å². The Labute approximate surface area is 113 Å². The average molecular weight is 266 g/mol. The molecule has 1 fully saturated rings. The van der Waals surface area contributed by atoms with Crippen molar-refractivity contribution in [3.05, 3.63) is 18.2 Å². The molecule has 0 bridgehead atoms. The molecule has 19 heavy (non-hydrogen) atoms. The fourth-order valence-corrected chi connectivity index (χ4v) is 2.46. The number of aromatic nitrogens is 2. The fraction of sp³-hybridized carbons (Fsp3) is 0.692. The third-order valence-electron chi connectivity index (χ3n) is 3.63. The van der Waals surface area contributed by atoms with Crippen LogP contribution in [0.25, 0.3) is 0 Å². The number of methoxy groups -OCH3 is 1. The number of hydrogen-bond acceptors (Lipinski definition) is 4. The zero-order valence-electron chi connectivity index (χ0n) is 11.8. The van der Waals surface area contributed by atoms with Crippen LogP contribution in [0.4, 0.5) is 0 Å². The number of nitrogens with one attached hydrogen (secondary N) is 1. The van der Waals surface area contributed by atoms with Crippen LogP contribution in [0.2, 0.25) is 0 Å². The van der Waals surface area contributed by atoms with E-state index in [4.69, 9.17) is 4.74 Å². The molecule has 1 aromatic heterocycles.